The number of carbonyl (C=O) groups excluding carboxylic acids is 1. The van der Waals surface area contributed by atoms with Gasteiger partial charge in [0.1, 0.15) is 0 Å². The molecule has 0 atom stereocenters. The van der Waals surface area contributed by atoms with Crippen LogP contribution in [0.5, 0.6) is 0 Å². The molecule has 0 saturated carbocycles. The maximum atomic E-state index is 12.7. The van der Waals surface area contributed by atoms with Crippen LogP contribution in [-0.4, -0.2) is 56.3 Å². The zero-order valence-corrected chi connectivity index (χ0v) is 19.2. The Kier molecular flexibility index (Phi) is 7.01. The SMILES string of the molecule is CC(C)N(C)S(=O)(=O)c1ccc(Cl)c(C(=O)NCCN2CCc3sccc3C2)c1. The standard InChI is InChI=1S/C20H26ClN3O3S2/c1-14(2)23(3)29(26,27)16-4-5-18(21)17(12-16)20(25)22-8-10-24-9-6-19-15(13-24)7-11-28-19/h4-5,7,11-12,14H,6,8-10,13H2,1-3H3,(H,22,25). The van der Waals surface area contributed by atoms with Crippen molar-refractivity contribution in [3.05, 3.63) is 50.7 Å². The Morgan fingerprint density at radius 1 is 1.34 bits per heavy atom. The molecular weight excluding hydrogens is 430 g/mol. The van der Waals surface area contributed by atoms with Gasteiger partial charge >= 0.3 is 0 Å². The lowest BCUT2D eigenvalue weighted by Crippen LogP contribution is -2.37. The van der Waals surface area contributed by atoms with E-state index < -0.39 is 10.0 Å². The quantitative estimate of drug-likeness (QED) is 0.695. The fraction of sp³-hybridized carbons (Fsp3) is 0.450. The minimum absolute atomic E-state index is 0.0595. The third kappa shape index (κ3) is 5.00. The van der Waals surface area contributed by atoms with Gasteiger partial charge in [-0.05, 0) is 55.5 Å². The highest BCUT2D eigenvalue weighted by atomic mass is 35.5. The molecule has 1 N–H and O–H groups in total. The number of fused-ring (bicyclic) bond motifs is 1. The zero-order valence-electron chi connectivity index (χ0n) is 16.8. The van der Waals surface area contributed by atoms with E-state index in [1.165, 1.54) is 40.0 Å². The second-order valence-electron chi connectivity index (χ2n) is 7.41. The van der Waals surface area contributed by atoms with Crippen molar-refractivity contribution in [3.8, 4) is 0 Å². The Bertz CT molecular complexity index is 989. The lowest BCUT2D eigenvalue weighted by molar-refractivity contribution is 0.0947. The Labute approximate surface area is 181 Å². The Balaban J connectivity index is 1.63. The van der Waals surface area contributed by atoms with Gasteiger partial charge < -0.3 is 5.32 Å². The van der Waals surface area contributed by atoms with Crippen LogP contribution in [0, 0.1) is 0 Å². The maximum Gasteiger partial charge on any atom is 0.252 e. The molecule has 1 amide bonds. The van der Waals surface area contributed by atoms with Crippen LogP contribution < -0.4 is 5.32 Å². The van der Waals surface area contributed by atoms with Gasteiger partial charge in [-0.3, -0.25) is 9.69 Å². The van der Waals surface area contributed by atoms with Crippen LogP contribution in [0.15, 0.2) is 34.5 Å². The van der Waals surface area contributed by atoms with Crippen LogP contribution >= 0.6 is 22.9 Å². The molecule has 0 saturated heterocycles. The van der Waals surface area contributed by atoms with Crippen LogP contribution in [0.3, 0.4) is 0 Å². The van der Waals surface area contributed by atoms with Gasteiger partial charge in [-0.2, -0.15) is 4.31 Å². The predicted octanol–water partition coefficient (Wildman–Crippen LogP) is 3.22. The zero-order chi connectivity index (χ0) is 21.2. The van der Waals surface area contributed by atoms with E-state index >= 15 is 0 Å². The summed E-state index contributed by atoms with van der Waals surface area (Å²) < 4.78 is 26.7. The third-order valence-corrected chi connectivity index (χ3v) is 8.57. The highest BCUT2D eigenvalue weighted by Crippen LogP contribution is 2.24. The minimum Gasteiger partial charge on any atom is -0.351 e. The van der Waals surface area contributed by atoms with Gasteiger partial charge in [0.05, 0.1) is 15.5 Å². The molecule has 158 valence electrons. The number of sulfonamides is 1. The topological polar surface area (TPSA) is 69.7 Å². The summed E-state index contributed by atoms with van der Waals surface area (Å²) in [4.78, 5) is 16.4. The number of nitrogens with zero attached hydrogens (tertiary/aromatic N) is 2. The highest BCUT2D eigenvalue weighted by Gasteiger charge is 2.25. The molecule has 0 aliphatic carbocycles. The molecule has 6 nitrogen and oxygen atoms in total. The van der Waals surface area contributed by atoms with Gasteiger partial charge in [0, 0.05) is 44.1 Å². The van der Waals surface area contributed by atoms with E-state index in [2.05, 4.69) is 21.7 Å². The third-order valence-electron chi connectivity index (χ3n) is 5.19. The van der Waals surface area contributed by atoms with Crippen molar-refractivity contribution in [2.75, 3.05) is 26.7 Å². The second kappa shape index (κ2) is 9.14. The van der Waals surface area contributed by atoms with Crippen LogP contribution in [0.1, 0.15) is 34.6 Å². The summed E-state index contributed by atoms with van der Waals surface area (Å²) in [5, 5.41) is 5.22. The number of rotatable bonds is 7. The summed E-state index contributed by atoms with van der Waals surface area (Å²) in [6.45, 7) is 6.65. The molecule has 1 aromatic carbocycles. The molecule has 0 spiro atoms. The van der Waals surface area contributed by atoms with Crippen molar-refractivity contribution in [1.82, 2.24) is 14.5 Å². The summed E-state index contributed by atoms with van der Waals surface area (Å²) >= 11 is 7.97. The first-order valence-corrected chi connectivity index (χ1v) is 12.2. The minimum atomic E-state index is -3.68. The summed E-state index contributed by atoms with van der Waals surface area (Å²) in [6.07, 6.45) is 1.04. The molecule has 0 unspecified atom stereocenters. The van der Waals surface area contributed by atoms with E-state index in [9.17, 15) is 13.2 Å². The molecule has 0 bridgehead atoms. The summed E-state index contributed by atoms with van der Waals surface area (Å²) in [7, 11) is -2.16. The predicted molar refractivity (Wildman–Crippen MR) is 117 cm³/mol. The summed E-state index contributed by atoms with van der Waals surface area (Å²) in [6, 6.07) is 6.20. The van der Waals surface area contributed by atoms with Crippen molar-refractivity contribution in [3.63, 3.8) is 0 Å². The Morgan fingerprint density at radius 3 is 2.83 bits per heavy atom. The second-order valence-corrected chi connectivity index (χ2v) is 10.8. The monoisotopic (exact) mass is 455 g/mol. The number of hydrogen-bond donors (Lipinski definition) is 1. The maximum absolute atomic E-state index is 12.7. The molecule has 2 heterocycles. The van der Waals surface area contributed by atoms with Gasteiger partial charge in [0.25, 0.3) is 5.91 Å². The number of halogens is 1. The van der Waals surface area contributed by atoms with Crippen LogP contribution in [0.25, 0.3) is 0 Å². The van der Waals surface area contributed by atoms with Crippen molar-refractivity contribution in [2.24, 2.45) is 0 Å². The normalized spacial score (nSPS) is 15.0. The summed E-state index contributed by atoms with van der Waals surface area (Å²) in [5.74, 6) is -0.368. The number of benzene rings is 1. The molecule has 0 radical (unpaired) electrons. The van der Waals surface area contributed by atoms with Crippen LogP contribution in [0.2, 0.25) is 5.02 Å². The fourth-order valence-corrected chi connectivity index (χ4v) is 5.69. The van der Waals surface area contributed by atoms with Crippen molar-refractivity contribution < 1.29 is 13.2 Å². The molecule has 1 aliphatic rings. The average Bonchev–Trinajstić information content (AvgIpc) is 3.15. The lowest BCUT2D eigenvalue weighted by atomic mass is 10.1. The van der Waals surface area contributed by atoms with Crippen molar-refractivity contribution in [1.29, 1.82) is 0 Å². The highest BCUT2D eigenvalue weighted by molar-refractivity contribution is 7.89. The van der Waals surface area contributed by atoms with E-state index in [-0.39, 0.29) is 27.4 Å². The van der Waals surface area contributed by atoms with Gasteiger partial charge in [-0.15, -0.1) is 11.3 Å². The van der Waals surface area contributed by atoms with E-state index in [4.69, 9.17) is 11.6 Å². The van der Waals surface area contributed by atoms with E-state index in [1.54, 1.807) is 25.2 Å². The molecular formula is C20H26ClN3O3S2. The van der Waals surface area contributed by atoms with Gasteiger partial charge in [0.2, 0.25) is 10.0 Å². The molecule has 3 rings (SSSR count). The Morgan fingerprint density at radius 2 is 2.10 bits per heavy atom. The van der Waals surface area contributed by atoms with Gasteiger partial charge in [-0.1, -0.05) is 11.6 Å². The van der Waals surface area contributed by atoms with E-state index in [0.717, 1.165) is 26.1 Å². The molecule has 1 aromatic heterocycles. The number of hydrogen-bond acceptors (Lipinski definition) is 5. The van der Waals surface area contributed by atoms with E-state index in [0.29, 0.717) is 6.54 Å². The van der Waals surface area contributed by atoms with E-state index in [1.807, 2.05) is 0 Å². The van der Waals surface area contributed by atoms with Crippen LogP contribution in [0.4, 0.5) is 0 Å². The molecule has 0 fully saturated rings. The number of thiophene rings is 1. The first-order chi connectivity index (χ1) is 13.7. The fourth-order valence-electron chi connectivity index (χ4n) is 3.20. The largest absolute Gasteiger partial charge is 0.351 e. The first kappa shape index (κ1) is 22.2. The van der Waals surface area contributed by atoms with Gasteiger partial charge in [0.15, 0.2) is 0 Å². The molecule has 2 aromatic rings. The Hall–Kier alpha value is -1.45. The molecule has 9 heteroatoms. The number of amides is 1. The summed E-state index contributed by atoms with van der Waals surface area (Å²) in [5.41, 5.74) is 1.53. The van der Waals surface area contributed by atoms with Gasteiger partial charge in [-0.25, -0.2) is 8.42 Å². The lowest BCUT2D eigenvalue weighted by Gasteiger charge is -2.26. The first-order valence-electron chi connectivity index (χ1n) is 9.53. The average molecular weight is 456 g/mol. The number of nitrogens with one attached hydrogen (secondary N) is 1. The molecule has 29 heavy (non-hydrogen) atoms. The van der Waals surface area contributed by atoms with Crippen LogP contribution in [-0.2, 0) is 23.0 Å². The van der Waals surface area contributed by atoms with Crippen molar-refractivity contribution >= 4 is 38.9 Å². The number of carbonyl (C=O) groups is 1. The molecule has 1 aliphatic heterocycles. The van der Waals surface area contributed by atoms with Crippen molar-refractivity contribution in [2.45, 2.75) is 37.8 Å². The smallest absolute Gasteiger partial charge is 0.252 e.